The van der Waals surface area contributed by atoms with E-state index in [4.69, 9.17) is 5.26 Å². The van der Waals surface area contributed by atoms with E-state index >= 15 is 0 Å². The Kier molecular flexibility index (Phi) is 4.04. The second-order valence-corrected chi connectivity index (χ2v) is 3.41. The molecule has 4 heteroatoms. The molecule has 4 nitrogen and oxygen atoms in total. The van der Waals surface area contributed by atoms with Crippen molar-refractivity contribution < 1.29 is 0 Å². The summed E-state index contributed by atoms with van der Waals surface area (Å²) in [5.41, 5.74) is 1.83. The lowest BCUT2D eigenvalue weighted by Gasteiger charge is -2.22. The summed E-state index contributed by atoms with van der Waals surface area (Å²) in [7, 11) is 0. The highest BCUT2D eigenvalue weighted by atomic mass is 15.2. The summed E-state index contributed by atoms with van der Waals surface area (Å²) in [6.07, 6.45) is 2.28. The van der Waals surface area contributed by atoms with Gasteiger partial charge in [-0.3, -0.25) is 4.98 Å². The van der Waals surface area contributed by atoms with Crippen LogP contribution >= 0.6 is 0 Å². The van der Waals surface area contributed by atoms with E-state index in [9.17, 15) is 0 Å². The first kappa shape index (κ1) is 11.4. The zero-order valence-corrected chi connectivity index (χ0v) is 9.49. The molecular formula is C11H16N4. The fourth-order valence-electron chi connectivity index (χ4n) is 1.42. The number of hydrogen-bond donors (Lipinski definition) is 0. The van der Waals surface area contributed by atoms with Crippen LogP contribution in [0.4, 0.5) is 5.82 Å². The van der Waals surface area contributed by atoms with E-state index in [-0.39, 0.29) is 0 Å². The molecule has 80 valence electrons. The number of nitriles is 1. The van der Waals surface area contributed by atoms with Gasteiger partial charge in [-0.15, -0.1) is 0 Å². The highest BCUT2D eigenvalue weighted by Crippen LogP contribution is 2.14. The molecule has 0 fully saturated rings. The first-order valence-corrected chi connectivity index (χ1v) is 5.11. The zero-order valence-electron chi connectivity index (χ0n) is 9.49. The molecule has 0 aliphatic carbocycles. The van der Waals surface area contributed by atoms with E-state index in [1.807, 2.05) is 13.8 Å². The molecule has 0 saturated heterocycles. The van der Waals surface area contributed by atoms with Crippen molar-refractivity contribution in [1.29, 1.82) is 5.26 Å². The number of anilines is 1. The summed E-state index contributed by atoms with van der Waals surface area (Å²) in [6, 6.07) is 2.15. The second-order valence-electron chi connectivity index (χ2n) is 3.41. The molecule has 0 aliphatic heterocycles. The van der Waals surface area contributed by atoms with E-state index in [2.05, 4.69) is 27.9 Å². The third-order valence-electron chi connectivity index (χ3n) is 2.23. The number of rotatable bonds is 4. The van der Waals surface area contributed by atoms with Crippen molar-refractivity contribution in [2.24, 2.45) is 0 Å². The Balaban J connectivity index is 2.91. The Morgan fingerprint density at radius 3 is 2.80 bits per heavy atom. The molecule has 0 aromatic carbocycles. The van der Waals surface area contributed by atoms with Crippen LogP contribution < -0.4 is 4.90 Å². The number of hydrogen-bond acceptors (Lipinski definition) is 4. The molecule has 0 aliphatic rings. The molecule has 0 amide bonds. The van der Waals surface area contributed by atoms with E-state index < -0.39 is 0 Å². The lowest BCUT2D eigenvalue weighted by Crippen LogP contribution is -2.26. The largest absolute Gasteiger partial charge is 0.354 e. The highest BCUT2D eigenvalue weighted by Gasteiger charge is 2.09. The van der Waals surface area contributed by atoms with Crippen molar-refractivity contribution in [3.8, 4) is 6.07 Å². The van der Waals surface area contributed by atoms with E-state index in [0.717, 1.165) is 23.8 Å². The summed E-state index contributed by atoms with van der Waals surface area (Å²) >= 11 is 0. The summed E-state index contributed by atoms with van der Waals surface area (Å²) in [5, 5.41) is 8.57. The van der Waals surface area contributed by atoms with Gasteiger partial charge in [0.15, 0.2) is 0 Å². The first-order chi connectivity index (χ1) is 7.19. The maximum Gasteiger partial charge on any atom is 0.150 e. The average Bonchev–Trinajstić information content (AvgIpc) is 2.24. The van der Waals surface area contributed by atoms with Crippen molar-refractivity contribution in [2.75, 3.05) is 18.0 Å². The third kappa shape index (κ3) is 2.91. The van der Waals surface area contributed by atoms with Crippen molar-refractivity contribution in [3.63, 3.8) is 0 Å². The molecule has 0 N–H and O–H groups in total. The number of aryl methyl sites for hydroxylation is 2. The van der Waals surface area contributed by atoms with Gasteiger partial charge in [0.25, 0.3) is 0 Å². The Morgan fingerprint density at radius 2 is 2.20 bits per heavy atom. The quantitative estimate of drug-likeness (QED) is 0.750. The van der Waals surface area contributed by atoms with Crippen molar-refractivity contribution >= 4 is 5.82 Å². The normalized spacial score (nSPS) is 9.73. The van der Waals surface area contributed by atoms with Gasteiger partial charge in [0.05, 0.1) is 23.9 Å². The molecule has 15 heavy (non-hydrogen) atoms. The van der Waals surface area contributed by atoms with Crippen LogP contribution in [0.5, 0.6) is 0 Å². The predicted octanol–water partition coefficient (Wildman–Crippen LogP) is 1.83. The lowest BCUT2D eigenvalue weighted by atomic mass is 10.3. The molecule has 1 aromatic rings. The summed E-state index contributed by atoms with van der Waals surface area (Å²) < 4.78 is 0. The monoisotopic (exact) mass is 204 g/mol. The number of nitrogens with zero attached hydrogens (tertiary/aromatic N) is 4. The van der Waals surface area contributed by atoms with Crippen LogP contribution in [-0.4, -0.2) is 23.1 Å². The molecule has 0 bridgehead atoms. The van der Waals surface area contributed by atoms with Crippen molar-refractivity contribution in [2.45, 2.75) is 27.2 Å². The molecule has 1 heterocycles. The molecule has 1 rings (SSSR count). The van der Waals surface area contributed by atoms with Gasteiger partial charge in [-0.25, -0.2) is 4.98 Å². The lowest BCUT2D eigenvalue weighted by molar-refractivity contribution is 0.795. The highest BCUT2D eigenvalue weighted by molar-refractivity contribution is 5.43. The van der Waals surface area contributed by atoms with Crippen molar-refractivity contribution in [3.05, 3.63) is 17.6 Å². The minimum Gasteiger partial charge on any atom is -0.354 e. The van der Waals surface area contributed by atoms with Gasteiger partial charge in [0.1, 0.15) is 5.82 Å². The average molecular weight is 204 g/mol. The maximum absolute atomic E-state index is 8.57. The molecular weight excluding hydrogens is 188 g/mol. The van der Waals surface area contributed by atoms with Crippen LogP contribution in [0.2, 0.25) is 0 Å². The van der Waals surface area contributed by atoms with Gasteiger partial charge in [0.2, 0.25) is 0 Å². The van der Waals surface area contributed by atoms with Crippen LogP contribution in [0.15, 0.2) is 6.20 Å². The van der Waals surface area contributed by atoms with E-state index in [1.165, 1.54) is 0 Å². The Hall–Kier alpha value is -1.63. The van der Waals surface area contributed by atoms with Gasteiger partial charge in [-0.05, 0) is 20.8 Å². The van der Waals surface area contributed by atoms with E-state index in [1.54, 1.807) is 6.20 Å². The van der Waals surface area contributed by atoms with Crippen LogP contribution in [0.1, 0.15) is 24.7 Å². The molecule has 0 unspecified atom stereocenters. The number of aromatic nitrogens is 2. The minimum absolute atomic E-state index is 0.517. The molecule has 0 spiro atoms. The van der Waals surface area contributed by atoms with Gasteiger partial charge in [-0.1, -0.05) is 0 Å². The topological polar surface area (TPSA) is 52.8 Å². The van der Waals surface area contributed by atoms with Gasteiger partial charge in [-0.2, -0.15) is 5.26 Å². The zero-order chi connectivity index (χ0) is 11.3. The summed E-state index contributed by atoms with van der Waals surface area (Å²) in [4.78, 5) is 10.8. The van der Waals surface area contributed by atoms with E-state index in [0.29, 0.717) is 13.0 Å². The molecule has 0 radical (unpaired) electrons. The predicted molar refractivity (Wildman–Crippen MR) is 59.6 cm³/mol. The third-order valence-corrected chi connectivity index (χ3v) is 2.23. The fraction of sp³-hybridized carbons (Fsp3) is 0.545. The summed E-state index contributed by atoms with van der Waals surface area (Å²) in [5.74, 6) is 0.896. The second kappa shape index (κ2) is 5.30. The molecule has 0 atom stereocenters. The van der Waals surface area contributed by atoms with Crippen LogP contribution in [0, 0.1) is 25.2 Å². The van der Waals surface area contributed by atoms with Crippen LogP contribution in [0.25, 0.3) is 0 Å². The Labute approximate surface area is 90.6 Å². The van der Waals surface area contributed by atoms with Gasteiger partial charge in [0, 0.05) is 19.3 Å². The van der Waals surface area contributed by atoms with Crippen molar-refractivity contribution in [1.82, 2.24) is 9.97 Å². The SMILES string of the molecule is CCN(CCC#N)c1nc(C)cnc1C. The minimum atomic E-state index is 0.517. The molecule has 1 aromatic heterocycles. The fourth-order valence-corrected chi connectivity index (χ4v) is 1.42. The van der Waals surface area contributed by atoms with Crippen LogP contribution in [0.3, 0.4) is 0 Å². The molecule has 0 saturated carbocycles. The smallest absolute Gasteiger partial charge is 0.150 e. The summed E-state index contributed by atoms with van der Waals surface area (Å²) in [6.45, 7) is 7.48. The van der Waals surface area contributed by atoms with Gasteiger partial charge >= 0.3 is 0 Å². The van der Waals surface area contributed by atoms with Gasteiger partial charge < -0.3 is 4.90 Å². The Morgan fingerprint density at radius 1 is 1.47 bits per heavy atom. The first-order valence-electron chi connectivity index (χ1n) is 5.11. The van der Waals surface area contributed by atoms with Crippen LogP contribution in [-0.2, 0) is 0 Å². The standard InChI is InChI=1S/C11H16N4/c1-4-15(7-5-6-12)11-10(3)13-8-9(2)14-11/h8H,4-5,7H2,1-3H3. The Bertz CT molecular complexity index is 367. The maximum atomic E-state index is 8.57.